The Kier molecular flexibility index (Phi) is 2.89. The summed E-state index contributed by atoms with van der Waals surface area (Å²) in [5.74, 6) is 0.927. The number of hydrogen-bond acceptors (Lipinski definition) is 4. The summed E-state index contributed by atoms with van der Waals surface area (Å²) in [4.78, 5) is 6.33. The van der Waals surface area contributed by atoms with Gasteiger partial charge in [-0.1, -0.05) is 5.16 Å². The monoisotopic (exact) mass is 311 g/mol. The van der Waals surface area contributed by atoms with Crippen molar-refractivity contribution in [3.05, 3.63) is 41.5 Å². The zero-order chi connectivity index (χ0) is 14.6. The topological polar surface area (TPSA) is 42.2 Å². The third-order valence-corrected chi connectivity index (χ3v) is 4.59. The maximum absolute atomic E-state index is 13.3. The van der Waals surface area contributed by atoms with Crippen LogP contribution in [-0.4, -0.2) is 23.2 Å². The molecule has 7 heteroatoms. The highest BCUT2D eigenvalue weighted by Crippen LogP contribution is 2.57. The normalized spacial score (nSPS) is 27.0. The lowest BCUT2D eigenvalue weighted by molar-refractivity contribution is 0.383. The highest BCUT2D eigenvalue weighted by atomic mass is 35.5. The van der Waals surface area contributed by atoms with Gasteiger partial charge < -0.3 is 9.42 Å². The van der Waals surface area contributed by atoms with E-state index in [1.807, 2.05) is 0 Å². The van der Waals surface area contributed by atoms with Crippen LogP contribution in [0.3, 0.4) is 0 Å². The predicted molar refractivity (Wildman–Crippen MR) is 72.1 cm³/mol. The predicted octanol–water partition coefficient (Wildman–Crippen LogP) is 2.94. The minimum atomic E-state index is -0.818. The SMILES string of the molecule is Fc1ccc(N2CC3C(C2)C3c2noc(CCl)n2)cc1F. The van der Waals surface area contributed by atoms with Gasteiger partial charge in [-0.05, 0) is 24.0 Å². The molecule has 110 valence electrons. The fraction of sp³-hybridized carbons (Fsp3) is 0.429. The van der Waals surface area contributed by atoms with Crippen LogP contribution >= 0.6 is 11.6 Å². The molecule has 4 nitrogen and oxygen atoms in total. The van der Waals surface area contributed by atoms with Gasteiger partial charge in [-0.15, -0.1) is 11.6 Å². The minimum absolute atomic E-state index is 0.218. The summed E-state index contributed by atoms with van der Waals surface area (Å²) >= 11 is 5.65. The van der Waals surface area contributed by atoms with Crippen LogP contribution in [0.15, 0.2) is 22.7 Å². The molecule has 1 aliphatic heterocycles. The standard InChI is InChI=1S/C14H12ClF2N3O/c15-4-12-18-14(19-21-12)13-8-5-20(6-9(8)13)7-1-2-10(16)11(17)3-7/h1-3,8-9,13H,4-6H2. The van der Waals surface area contributed by atoms with Crippen molar-refractivity contribution in [3.63, 3.8) is 0 Å². The number of rotatable bonds is 3. The Hall–Kier alpha value is -1.69. The Morgan fingerprint density at radius 3 is 2.62 bits per heavy atom. The summed E-state index contributed by atoms with van der Waals surface area (Å²) in [6.45, 7) is 1.59. The number of nitrogens with zero attached hydrogens (tertiary/aromatic N) is 3. The van der Waals surface area contributed by atoms with Crippen molar-refractivity contribution >= 4 is 17.3 Å². The molecule has 0 radical (unpaired) electrons. The van der Waals surface area contributed by atoms with Crippen molar-refractivity contribution in [1.29, 1.82) is 0 Å². The number of benzene rings is 1. The van der Waals surface area contributed by atoms with Crippen LogP contribution in [0.5, 0.6) is 0 Å². The fourth-order valence-electron chi connectivity index (χ4n) is 3.26. The number of anilines is 1. The molecule has 0 amide bonds. The second-order valence-corrected chi connectivity index (χ2v) is 5.80. The average Bonchev–Trinajstić information content (AvgIpc) is 2.88. The fourth-order valence-corrected chi connectivity index (χ4v) is 3.37. The first-order valence-corrected chi connectivity index (χ1v) is 7.29. The lowest BCUT2D eigenvalue weighted by atomic mass is 10.2. The van der Waals surface area contributed by atoms with E-state index < -0.39 is 11.6 Å². The third kappa shape index (κ3) is 2.09. The van der Waals surface area contributed by atoms with Crippen molar-refractivity contribution in [2.24, 2.45) is 11.8 Å². The summed E-state index contributed by atoms with van der Waals surface area (Å²) in [6.07, 6.45) is 0. The van der Waals surface area contributed by atoms with Crippen molar-refractivity contribution in [3.8, 4) is 0 Å². The molecule has 1 aromatic carbocycles. The van der Waals surface area contributed by atoms with Gasteiger partial charge in [0.2, 0.25) is 5.89 Å². The molecule has 0 N–H and O–H groups in total. The molecule has 1 saturated carbocycles. The lowest BCUT2D eigenvalue weighted by Crippen LogP contribution is -2.23. The molecule has 2 fully saturated rings. The summed E-state index contributed by atoms with van der Waals surface area (Å²) in [5.41, 5.74) is 0.717. The zero-order valence-corrected chi connectivity index (χ0v) is 11.7. The van der Waals surface area contributed by atoms with Crippen LogP contribution in [0.2, 0.25) is 0 Å². The third-order valence-electron chi connectivity index (χ3n) is 4.36. The molecule has 1 saturated heterocycles. The van der Waals surface area contributed by atoms with Crippen LogP contribution in [0.25, 0.3) is 0 Å². The first kappa shape index (κ1) is 13.0. The Bertz CT molecular complexity index is 681. The van der Waals surface area contributed by atoms with E-state index in [1.165, 1.54) is 6.07 Å². The smallest absolute Gasteiger partial charge is 0.241 e. The second kappa shape index (κ2) is 4.66. The number of fused-ring (bicyclic) bond motifs is 1. The van der Waals surface area contributed by atoms with Gasteiger partial charge in [0.15, 0.2) is 17.5 Å². The van der Waals surface area contributed by atoms with Crippen LogP contribution in [-0.2, 0) is 5.88 Å². The quantitative estimate of drug-likeness (QED) is 0.817. The Labute approximate surface area is 124 Å². The Morgan fingerprint density at radius 1 is 1.24 bits per heavy atom. The van der Waals surface area contributed by atoms with Gasteiger partial charge in [-0.25, -0.2) is 8.78 Å². The molecule has 1 aliphatic carbocycles. The van der Waals surface area contributed by atoms with E-state index in [-0.39, 0.29) is 5.88 Å². The van der Waals surface area contributed by atoms with Crippen molar-refractivity contribution in [2.75, 3.05) is 18.0 Å². The molecule has 0 spiro atoms. The number of aromatic nitrogens is 2. The van der Waals surface area contributed by atoms with Crippen LogP contribution in [0.1, 0.15) is 17.6 Å². The van der Waals surface area contributed by atoms with Crippen molar-refractivity contribution < 1.29 is 13.3 Å². The number of halogens is 3. The number of alkyl halides is 1. The molecule has 4 rings (SSSR count). The molecule has 1 aromatic heterocycles. The van der Waals surface area contributed by atoms with E-state index in [1.54, 1.807) is 6.07 Å². The molecule has 21 heavy (non-hydrogen) atoms. The summed E-state index contributed by atoms with van der Waals surface area (Å²) < 4.78 is 31.3. The number of piperidine rings is 1. The van der Waals surface area contributed by atoms with Crippen LogP contribution in [0.4, 0.5) is 14.5 Å². The van der Waals surface area contributed by atoms with Gasteiger partial charge in [0.05, 0.1) is 0 Å². The molecule has 0 bridgehead atoms. The summed E-state index contributed by atoms with van der Waals surface area (Å²) in [7, 11) is 0. The molecular formula is C14H12ClF2N3O. The minimum Gasteiger partial charge on any atom is -0.371 e. The average molecular weight is 312 g/mol. The molecule has 2 heterocycles. The highest BCUT2D eigenvalue weighted by molar-refractivity contribution is 6.16. The van der Waals surface area contributed by atoms with Crippen LogP contribution < -0.4 is 4.90 Å². The molecule has 2 atom stereocenters. The van der Waals surface area contributed by atoms with Gasteiger partial charge in [-0.2, -0.15) is 4.98 Å². The molecule has 2 aliphatic rings. The van der Waals surface area contributed by atoms with E-state index in [0.717, 1.165) is 24.8 Å². The Morgan fingerprint density at radius 2 is 2.00 bits per heavy atom. The van der Waals surface area contributed by atoms with E-state index in [0.29, 0.717) is 29.5 Å². The first-order chi connectivity index (χ1) is 10.2. The van der Waals surface area contributed by atoms with E-state index in [4.69, 9.17) is 16.1 Å². The molecular weight excluding hydrogens is 300 g/mol. The lowest BCUT2D eigenvalue weighted by Gasteiger charge is -2.21. The van der Waals surface area contributed by atoms with Gasteiger partial charge >= 0.3 is 0 Å². The Balaban J connectivity index is 1.46. The van der Waals surface area contributed by atoms with E-state index in [9.17, 15) is 8.78 Å². The van der Waals surface area contributed by atoms with E-state index in [2.05, 4.69) is 15.0 Å². The molecule has 2 unspecified atom stereocenters. The second-order valence-electron chi connectivity index (χ2n) is 5.54. The molecule has 2 aromatic rings. The van der Waals surface area contributed by atoms with Crippen molar-refractivity contribution in [2.45, 2.75) is 11.8 Å². The maximum Gasteiger partial charge on any atom is 0.241 e. The van der Waals surface area contributed by atoms with Gasteiger partial charge in [0, 0.05) is 30.8 Å². The van der Waals surface area contributed by atoms with Crippen LogP contribution in [0, 0.1) is 23.5 Å². The van der Waals surface area contributed by atoms with Gasteiger partial charge in [0.25, 0.3) is 0 Å². The van der Waals surface area contributed by atoms with Crippen molar-refractivity contribution in [1.82, 2.24) is 10.1 Å². The highest BCUT2D eigenvalue weighted by Gasteiger charge is 2.58. The maximum atomic E-state index is 13.3. The summed E-state index contributed by atoms with van der Waals surface area (Å²) in [6, 6.07) is 4.02. The van der Waals surface area contributed by atoms with E-state index >= 15 is 0 Å². The zero-order valence-electron chi connectivity index (χ0n) is 11.0. The van der Waals surface area contributed by atoms with Gasteiger partial charge in [0.1, 0.15) is 5.88 Å². The largest absolute Gasteiger partial charge is 0.371 e. The number of hydrogen-bond donors (Lipinski definition) is 0. The van der Waals surface area contributed by atoms with Gasteiger partial charge in [-0.3, -0.25) is 0 Å². The summed E-state index contributed by atoms with van der Waals surface area (Å²) in [5, 5.41) is 3.96. The first-order valence-electron chi connectivity index (χ1n) is 6.76.